The van der Waals surface area contributed by atoms with Crippen LogP contribution in [0.15, 0.2) is 33.5 Å². The van der Waals surface area contributed by atoms with E-state index in [1.807, 2.05) is 0 Å². The third kappa shape index (κ3) is 3.60. The largest absolute Gasteiger partial charge is 0.496 e. The van der Waals surface area contributed by atoms with Crippen LogP contribution in [0.5, 0.6) is 5.75 Å². The van der Waals surface area contributed by atoms with Gasteiger partial charge in [-0.05, 0) is 32.0 Å². The average Bonchev–Trinajstić information content (AvgIpc) is 2.38. The van der Waals surface area contributed by atoms with Gasteiger partial charge in [-0.25, -0.2) is 4.79 Å². The highest BCUT2D eigenvalue weighted by atomic mass is 16.5. The van der Waals surface area contributed by atoms with Gasteiger partial charge in [-0.2, -0.15) is 0 Å². The molecule has 0 spiro atoms. The predicted octanol–water partition coefficient (Wildman–Crippen LogP) is 0.651. The van der Waals surface area contributed by atoms with Crippen molar-refractivity contribution in [2.24, 2.45) is 0 Å². The van der Waals surface area contributed by atoms with Crippen LogP contribution in [-0.4, -0.2) is 34.5 Å². The number of aliphatic hydroxyl groups excluding tert-OH is 1. The van der Waals surface area contributed by atoms with E-state index in [2.05, 4.69) is 0 Å². The van der Waals surface area contributed by atoms with E-state index in [1.54, 1.807) is 18.2 Å². The summed E-state index contributed by atoms with van der Waals surface area (Å²) in [6.07, 6.45) is -0.885. The zero-order valence-electron chi connectivity index (χ0n) is 12.2. The summed E-state index contributed by atoms with van der Waals surface area (Å²) < 4.78 is 10.5. The molecule has 4 N–H and O–H groups in total. The van der Waals surface area contributed by atoms with Crippen LogP contribution >= 0.6 is 0 Å². The molecule has 0 saturated carbocycles. The highest BCUT2D eigenvalue weighted by Crippen LogP contribution is 2.29. The Labute approximate surface area is 121 Å². The molecule has 1 heterocycles. The molecule has 0 fully saturated rings. The van der Waals surface area contributed by atoms with Gasteiger partial charge in [0, 0.05) is 23.4 Å². The Balaban J connectivity index is 0.00000220. The minimum absolute atomic E-state index is 0. The Kier molecular flexibility index (Phi) is 5.11. The van der Waals surface area contributed by atoms with Gasteiger partial charge in [-0.3, -0.25) is 0 Å². The third-order valence-electron chi connectivity index (χ3n) is 3.28. The van der Waals surface area contributed by atoms with Gasteiger partial charge < -0.3 is 24.8 Å². The van der Waals surface area contributed by atoms with Gasteiger partial charge in [0.05, 0.1) is 18.8 Å². The molecule has 0 aliphatic carbocycles. The normalized spacial score (nSPS) is 12.8. The van der Waals surface area contributed by atoms with Gasteiger partial charge in [-0.15, -0.1) is 0 Å². The first-order valence-corrected chi connectivity index (χ1v) is 6.33. The topological polar surface area (TPSA) is 111 Å². The molecule has 6 heteroatoms. The first-order chi connectivity index (χ1) is 9.32. The van der Waals surface area contributed by atoms with Crippen molar-refractivity contribution in [1.29, 1.82) is 0 Å². The lowest BCUT2D eigenvalue weighted by Crippen LogP contribution is -2.37. The standard InChI is InChI=1S/C15H18O5.H2O/c1-15(2,18)12(16)8-10-11(19-3)6-4-9-5-7-13(17)20-14(9)10;/h4-7,12,16,18H,8H2,1-3H3;1H2. The van der Waals surface area contributed by atoms with Crippen molar-refractivity contribution in [2.75, 3.05) is 7.11 Å². The molecule has 0 bridgehead atoms. The maximum absolute atomic E-state index is 11.4. The molecule has 6 nitrogen and oxygen atoms in total. The van der Waals surface area contributed by atoms with Crippen molar-refractivity contribution in [3.05, 3.63) is 40.2 Å². The van der Waals surface area contributed by atoms with Crippen LogP contribution < -0.4 is 10.4 Å². The van der Waals surface area contributed by atoms with Gasteiger partial charge in [0.25, 0.3) is 0 Å². The number of hydrogen-bond acceptors (Lipinski definition) is 5. The second-order valence-corrected chi connectivity index (χ2v) is 5.29. The summed E-state index contributed by atoms with van der Waals surface area (Å²) >= 11 is 0. The van der Waals surface area contributed by atoms with E-state index < -0.39 is 17.3 Å². The Morgan fingerprint density at radius 2 is 1.90 bits per heavy atom. The number of fused-ring (bicyclic) bond motifs is 1. The van der Waals surface area contributed by atoms with Crippen molar-refractivity contribution in [3.63, 3.8) is 0 Å². The molecule has 0 saturated heterocycles. The molecule has 0 radical (unpaired) electrons. The minimum Gasteiger partial charge on any atom is -0.496 e. The Morgan fingerprint density at radius 1 is 1.29 bits per heavy atom. The molecular formula is C15H20O6. The zero-order valence-corrected chi connectivity index (χ0v) is 12.2. The van der Waals surface area contributed by atoms with Gasteiger partial charge in [0.2, 0.25) is 0 Å². The SMILES string of the molecule is COc1ccc2ccc(=O)oc2c1CC(O)C(C)(C)O.O. The monoisotopic (exact) mass is 296 g/mol. The number of aliphatic hydroxyl groups is 2. The van der Waals surface area contributed by atoms with Gasteiger partial charge in [-0.1, -0.05) is 0 Å². The van der Waals surface area contributed by atoms with E-state index in [4.69, 9.17) is 9.15 Å². The lowest BCUT2D eigenvalue weighted by molar-refractivity contribution is -0.0470. The summed E-state index contributed by atoms with van der Waals surface area (Å²) in [5, 5.41) is 20.7. The Hall–Kier alpha value is -1.89. The van der Waals surface area contributed by atoms with Gasteiger partial charge >= 0.3 is 5.63 Å². The molecule has 0 aliphatic heterocycles. The first-order valence-electron chi connectivity index (χ1n) is 6.33. The van der Waals surface area contributed by atoms with Crippen LogP contribution in [0, 0.1) is 0 Å². The lowest BCUT2D eigenvalue weighted by atomic mass is 9.94. The van der Waals surface area contributed by atoms with Crippen LogP contribution in [0.3, 0.4) is 0 Å². The third-order valence-corrected chi connectivity index (χ3v) is 3.28. The van der Waals surface area contributed by atoms with E-state index in [1.165, 1.54) is 27.0 Å². The van der Waals surface area contributed by atoms with Crippen molar-refractivity contribution in [1.82, 2.24) is 0 Å². The number of rotatable bonds is 4. The fraction of sp³-hybridized carbons (Fsp3) is 0.400. The maximum atomic E-state index is 11.4. The fourth-order valence-electron chi connectivity index (χ4n) is 2.00. The smallest absolute Gasteiger partial charge is 0.336 e. The van der Waals surface area contributed by atoms with E-state index >= 15 is 0 Å². The Morgan fingerprint density at radius 3 is 2.48 bits per heavy atom. The highest BCUT2D eigenvalue weighted by Gasteiger charge is 2.27. The number of benzene rings is 1. The first kappa shape index (κ1) is 17.2. The van der Waals surface area contributed by atoms with Crippen LogP contribution in [0.1, 0.15) is 19.4 Å². The molecule has 1 atom stereocenters. The van der Waals surface area contributed by atoms with Crippen LogP contribution in [0.2, 0.25) is 0 Å². The molecule has 1 aromatic carbocycles. The molecule has 1 unspecified atom stereocenters. The number of hydrogen-bond donors (Lipinski definition) is 2. The van der Waals surface area contributed by atoms with Gasteiger partial charge in [0.1, 0.15) is 11.3 Å². The van der Waals surface area contributed by atoms with Gasteiger partial charge in [0.15, 0.2) is 0 Å². The van der Waals surface area contributed by atoms with Crippen LogP contribution in [0.25, 0.3) is 11.0 Å². The molecular weight excluding hydrogens is 276 g/mol. The highest BCUT2D eigenvalue weighted by molar-refractivity contribution is 5.82. The minimum atomic E-state index is -1.26. The summed E-state index contributed by atoms with van der Waals surface area (Å²) in [6.45, 7) is 3.04. The lowest BCUT2D eigenvalue weighted by Gasteiger charge is -2.25. The molecule has 0 aliphatic rings. The van der Waals surface area contributed by atoms with E-state index in [-0.39, 0.29) is 11.9 Å². The number of ether oxygens (including phenoxy) is 1. The molecule has 116 valence electrons. The van der Waals surface area contributed by atoms with Crippen LogP contribution in [0.4, 0.5) is 0 Å². The summed E-state index contributed by atoms with van der Waals surface area (Å²) in [5.41, 5.74) is -0.787. The molecule has 21 heavy (non-hydrogen) atoms. The van der Waals surface area contributed by atoms with E-state index in [9.17, 15) is 15.0 Å². The van der Waals surface area contributed by atoms with Crippen molar-refractivity contribution in [2.45, 2.75) is 32.0 Å². The molecule has 1 aromatic heterocycles. The summed E-state index contributed by atoms with van der Waals surface area (Å²) in [5.74, 6) is 0.509. The fourth-order valence-corrected chi connectivity index (χ4v) is 2.00. The van der Waals surface area contributed by atoms with Crippen LogP contribution in [-0.2, 0) is 6.42 Å². The van der Waals surface area contributed by atoms with Crippen molar-refractivity contribution < 1.29 is 24.8 Å². The predicted molar refractivity (Wildman–Crippen MR) is 78.7 cm³/mol. The molecule has 0 amide bonds. The molecule has 2 rings (SSSR count). The number of methoxy groups -OCH3 is 1. The Bertz CT molecular complexity index is 668. The quantitative estimate of drug-likeness (QED) is 0.805. The second kappa shape index (κ2) is 6.26. The summed E-state index contributed by atoms with van der Waals surface area (Å²) in [6, 6.07) is 6.51. The molecule has 2 aromatic rings. The second-order valence-electron chi connectivity index (χ2n) is 5.29. The summed E-state index contributed by atoms with van der Waals surface area (Å²) in [7, 11) is 1.50. The maximum Gasteiger partial charge on any atom is 0.336 e. The zero-order chi connectivity index (χ0) is 14.9. The summed E-state index contributed by atoms with van der Waals surface area (Å²) in [4.78, 5) is 11.4. The van der Waals surface area contributed by atoms with E-state index in [0.29, 0.717) is 16.9 Å². The van der Waals surface area contributed by atoms with E-state index in [0.717, 1.165) is 5.39 Å². The van der Waals surface area contributed by atoms with Crippen molar-refractivity contribution in [3.8, 4) is 5.75 Å². The van der Waals surface area contributed by atoms with Crippen molar-refractivity contribution >= 4 is 11.0 Å². The average molecular weight is 296 g/mol.